The average Bonchev–Trinajstić information content (AvgIpc) is 3.12. The number of carbonyl (C=O) groups is 2. The minimum atomic E-state index is -0.536. The van der Waals surface area contributed by atoms with Gasteiger partial charge in [-0.15, -0.1) is 0 Å². The van der Waals surface area contributed by atoms with Gasteiger partial charge in [0.05, 0.1) is 42.9 Å². The zero-order valence-electron chi connectivity index (χ0n) is 16.8. The van der Waals surface area contributed by atoms with Crippen LogP contribution in [0.5, 0.6) is 0 Å². The minimum Gasteiger partial charge on any atom is -0.442 e. The number of fused-ring (bicyclic) bond motifs is 1. The molecule has 30 heavy (non-hydrogen) atoms. The normalized spacial score (nSPS) is 20.5. The highest BCUT2D eigenvalue weighted by molar-refractivity contribution is 5.90. The molecule has 1 aromatic heterocycles. The Morgan fingerprint density at radius 1 is 1.33 bits per heavy atom. The summed E-state index contributed by atoms with van der Waals surface area (Å²) in [6, 6.07) is 4.82. The van der Waals surface area contributed by atoms with Crippen molar-refractivity contribution >= 4 is 23.4 Å². The number of amides is 2. The number of carbonyl (C=O) groups excluding carboxylic acids is 2. The average molecular weight is 413 g/mol. The molecule has 1 saturated carbocycles. The second kappa shape index (κ2) is 7.30. The van der Waals surface area contributed by atoms with Gasteiger partial charge in [0.1, 0.15) is 11.9 Å². The van der Waals surface area contributed by atoms with Crippen LogP contribution < -0.4 is 15.1 Å². The third kappa shape index (κ3) is 3.59. The Morgan fingerprint density at radius 2 is 2.17 bits per heavy atom. The summed E-state index contributed by atoms with van der Waals surface area (Å²) in [6.07, 6.45) is 3.43. The van der Waals surface area contributed by atoms with E-state index >= 15 is 0 Å². The highest BCUT2D eigenvalue weighted by Crippen LogP contribution is 2.35. The summed E-state index contributed by atoms with van der Waals surface area (Å²) in [7, 11) is 0. The Morgan fingerprint density at radius 3 is 2.90 bits per heavy atom. The number of rotatable bonds is 6. The van der Waals surface area contributed by atoms with Crippen molar-refractivity contribution in [2.75, 3.05) is 22.9 Å². The Hall–Kier alpha value is -3.10. The molecule has 5 rings (SSSR count). The van der Waals surface area contributed by atoms with E-state index in [0.717, 1.165) is 23.7 Å². The maximum Gasteiger partial charge on any atom is 0.414 e. The molecule has 8 nitrogen and oxygen atoms in total. The topological polar surface area (TPSA) is 79.7 Å². The number of anilines is 2. The molecule has 3 aliphatic rings. The van der Waals surface area contributed by atoms with Crippen LogP contribution in [-0.2, 0) is 29.2 Å². The van der Waals surface area contributed by atoms with E-state index in [9.17, 15) is 14.0 Å². The van der Waals surface area contributed by atoms with Crippen molar-refractivity contribution in [2.24, 2.45) is 5.92 Å². The van der Waals surface area contributed by atoms with Gasteiger partial charge in [0.15, 0.2) is 0 Å². The number of aromatic nitrogens is 2. The molecule has 0 radical (unpaired) electrons. The van der Waals surface area contributed by atoms with Crippen molar-refractivity contribution in [3.05, 3.63) is 41.5 Å². The molecule has 0 spiro atoms. The highest BCUT2D eigenvalue weighted by atomic mass is 19.1. The van der Waals surface area contributed by atoms with E-state index in [-0.39, 0.29) is 24.8 Å². The van der Waals surface area contributed by atoms with Crippen LogP contribution in [0.25, 0.3) is 0 Å². The third-order valence-corrected chi connectivity index (χ3v) is 5.90. The molecular weight excluding hydrogens is 389 g/mol. The molecule has 3 heterocycles. The van der Waals surface area contributed by atoms with Crippen LogP contribution in [0, 0.1) is 11.7 Å². The number of nitrogens with zero attached hydrogens (tertiary/aromatic N) is 4. The predicted molar refractivity (Wildman–Crippen MR) is 108 cm³/mol. The smallest absolute Gasteiger partial charge is 0.414 e. The summed E-state index contributed by atoms with van der Waals surface area (Å²) in [5.74, 6) is 0.165. The second-order valence-corrected chi connectivity index (χ2v) is 8.29. The van der Waals surface area contributed by atoms with Crippen LogP contribution in [0.3, 0.4) is 0 Å². The lowest BCUT2D eigenvalue weighted by molar-refractivity contribution is -0.119. The first-order valence-electron chi connectivity index (χ1n) is 10.3. The summed E-state index contributed by atoms with van der Waals surface area (Å²) in [5.41, 5.74) is 3.26. The summed E-state index contributed by atoms with van der Waals surface area (Å²) in [4.78, 5) is 26.6. The molecule has 2 aliphatic heterocycles. The van der Waals surface area contributed by atoms with Crippen LogP contribution in [0.2, 0.25) is 0 Å². The molecule has 1 saturated heterocycles. The van der Waals surface area contributed by atoms with Gasteiger partial charge in [-0.05, 0) is 37.0 Å². The van der Waals surface area contributed by atoms with E-state index in [1.807, 2.05) is 11.1 Å². The third-order valence-electron chi connectivity index (χ3n) is 5.90. The SMILES string of the molecule is CC(=O)NC[C@H]1CN(c2ccc(N3Cc4cnn(CC5CC5)c4C3)c(F)c2)C(=O)O1. The van der Waals surface area contributed by atoms with E-state index < -0.39 is 12.2 Å². The molecule has 0 unspecified atom stereocenters. The Bertz CT molecular complexity index is 1000. The van der Waals surface area contributed by atoms with E-state index in [0.29, 0.717) is 24.5 Å². The molecule has 1 aliphatic carbocycles. The first-order chi connectivity index (χ1) is 14.5. The second-order valence-electron chi connectivity index (χ2n) is 8.29. The minimum absolute atomic E-state index is 0.188. The van der Waals surface area contributed by atoms with E-state index in [2.05, 4.69) is 15.1 Å². The fourth-order valence-corrected chi connectivity index (χ4v) is 4.10. The zero-order valence-corrected chi connectivity index (χ0v) is 16.8. The molecule has 2 aromatic rings. The van der Waals surface area contributed by atoms with Crippen LogP contribution >= 0.6 is 0 Å². The molecule has 0 bridgehead atoms. The van der Waals surface area contributed by atoms with Crippen LogP contribution in [0.1, 0.15) is 31.0 Å². The monoisotopic (exact) mass is 413 g/mol. The number of hydrogen-bond donors (Lipinski definition) is 1. The largest absolute Gasteiger partial charge is 0.442 e. The van der Waals surface area contributed by atoms with Crippen LogP contribution in [0.15, 0.2) is 24.4 Å². The van der Waals surface area contributed by atoms with Gasteiger partial charge < -0.3 is 15.0 Å². The number of nitrogens with one attached hydrogen (secondary N) is 1. The first kappa shape index (κ1) is 18.9. The summed E-state index contributed by atoms with van der Waals surface area (Å²) in [6.45, 7) is 4.11. The molecule has 2 amide bonds. The van der Waals surface area contributed by atoms with Gasteiger partial charge in [0.25, 0.3) is 0 Å². The first-order valence-corrected chi connectivity index (χ1v) is 10.3. The number of halogens is 1. The van der Waals surface area contributed by atoms with Crippen molar-refractivity contribution in [1.82, 2.24) is 15.1 Å². The maximum absolute atomic E-state index is 15.0. The molecule has 2 fully saturated rings. The maximum atomic E-state index is 15.0. The zero-order chi connectivity index (χ0) is 20.8. The summed E-state index contributed by atoms with van der Waals surface area (Å²) in [5, 5.41) is 7.12. The van der Waals surface area contributed by atoms with Gasteiger partial charge in [-0.3, -0.25) is 14.4 Å². The van der Waals surface area contributed by atoms with Crippen molar-refractivity contribution in [3.8, 4) is 0 Å². The lowest BCUT2D eigenvalue weighted by Crippen LogP contribution is -2.33. The van der Waals surface area contributed by atoms with E-state index in [1.54, 1.807) is 12.1 Å². The molecule has 9 heteroatoms. The van der Waals surface area contributed by atoms with E-state index in [1.165, 1.54) is 30.7 Å². The fourth-order valence-electron chi connectivity index (χ4n) is 4.10. The molecule has 1 atom stereocenters. The fraction of sp³-hybridized carbons (Fsp3) is 0.476. The van der Waals surface area contributed by atoms with Gasteiger partial charge in [-0.25, -0.2) is 9.18 Å². The molecule has 1 N–H and O–H groups in total. The standard InChI is InChI=1S/C21H24FN5O3/c1-13(28)23-8-17-11-26(21(29)30-17)16-4-5-19(18(22)6-16)25-10-15-7-24-27(20(15)12-25)9-14-2-3-14/h4-7,14,17H,2-3,8-12H2,1H3,(H,23,28)/t17-/m0/s1. The number of hydrogen-bond acceptors (Lipinski definition) is 5. The van der Waals surface area contributed by atoms with Gasteiger partial charge in [-0.2, -0.15) is 5.10 Å². The predicted octanol–water partition coefficient (Wildman–Crippen LogP) is 2.41. The lowest BCUT2D eigenvalue weighted by Gasteiger charge is -2.21. The molecule has 1 aromatic carbocycles. The Labute approximate surface area is 173 Å². The van der Waals surface area contributed by atoms with Gasteiger partial charge in [0, 0.05) is 25.6 Å². The van der Waals surface area contributed by atoms with Crippen molar-refractivity contribution in [1.29, 1.82) is 0 Å². The Balaban J connectivity index is 1.28. The number of ether oxygens (including phenoxy) is 1. The quantitative estimate of drug-likeness (QED) is 0.787. The molecule has 158 valence electrons. The van der Waals surface area contributed by atoms with Gasteiger partial charge in [0.2, 0.25) is 5.91 Å². The van der Waals surface area contributed by atoms with Crippen LogP contribution in [-0.4, -0.2) is 41.0 Å². The summed E-state index contributed by atoms with van der Waals surface area (Å²) >= 11 is 0. The lowest BCUT2D eigenvalue weighted by atomic mass is 10.2. The van der Waals surface area contributed by atoms with Crippen molar-refractivity contribution < 1.29 is 18.7 Å². The van der Waals surface area contributed by atoms with Gasteiger partial charge in [-0.1, -0.05) is 0 Å². The van der Waals surface area contributed by atoms with Gasteiger partial charge >= 0.3 is 6.09 Å². The van der Waals surface area contributed by atoms with Crippen molar-refractivity contribution in [3.63, 3.8) is 0 Å². The Kier molecular flexibility index (Phi) is 4.60. The van der Waals surface area contributed by atoms with Crippen LogP contribution in [0.4, 0.5) is 20.6 Å². The number of cyclic esters (lactones) is 1. The number of benzene rings is 1. The summed E-state index contributed by atoms with van der Waals surface area (Å²) < 4.78 is 22.3. The van der Waals surface area contributed by atoms with Crippen molar-refractivity contribution in [2.45, 2.75) is 45.5 Å². The van der Waals surface area contributed by atoms with E-state index in [4.69, 9.17) is 4.74 Å². The highest BCUT2D eigenvalue weighted by Gasteiger charge is 2.33. The molecular formula is C21H24FN5O3.